The molecule has 0 saturated carbocycles. The van der Waals surface area contributed by atoms with Gasteiger partial charge in [-0.2, -0.15) is 0 Å². The second-order valence-electron chi connectivity index (χ2n) is 3.95. The topological polar surface area (TPSA) is 0 Å². The molecule has 0 fully saturated rings. The van der Waals surface area contributed by atoms with Gasteiger partial charge in [0, 0.05) is 0 Å². The van der Waals surface area contributed by atoms with Gasteiger partial charge in [-0.15, -0.1) is 0 Å². The molecule has 0 radical (unpaired) electrons. The second-order valence-corrected chi connectivity index (χ2v) is 3.95. The van der Waals surface area contributed by atoms with Gasteiger partial charge >= 0.3 is 0 Å². The molecule has 0 aliphatic heterocycles. The van der Waals surface area contributed by atoms with Gasteiger partial charge < -0.3 is 0 Å². The molecule has 0 aliphatic rings. The first kappa shape index (κ1) is 11.7. The largest absolute Gasteiger partial charge is 0.0856 e. The molecule has 12 heavy (non-hydrogen) atoms. The summed E-state index contributed by atoms with van der Waals surface area (Å²) >= 11 is 0. The van der Waals surface area contributed by atoms with E-state index in [0.29, 0.717) is 0 Å². The molecular formula is C12H24. The fraction of sp³-hybridized carbons (Fsp3) is 0.833. The van der Waals surface area contributed by atoms with Gasteiger partial charge in [0.25, 0.3) is 0 Å². The van der Waals surface area contributed by atoms with E-state index in [4.69, 9.17) is 0 Å². The summed E-state index contributed by atoms with van der Waals surface area (Å²) in [7, 11) is 0. The maximum Gasteiger partial charge on any atom is -0.0318 e. The van der Waals surface area contributed by atoms with Crippen LogP contribution in [0.1, 0.15) is 59.8 Å². The van der Waals surface area contributed by atoms with Crippen LogP contribution >= 0.6 is 0 Å². The molecule has 0 bridgehead atoms. The minimum Gasteiger partial charge on any atom is -0.0856 e. The van der Waals surface area contributed by atoms with Crippen LogP contribution in [-0.2, 0) is 0 Å². The molecule has 0 nitrogen and oxygen atoms in total. The molecule has 0 heteroatoms. The molecule has 72 valence electrons. The minimum absolute atomic E-state index is 0.849. The van der Waals surface area contributed by atoms with Crippen molar-refractivity contribution in [2.45, 2.75) is 59.8 Å². The fourth-order valence-electron chi connectivity index (χ4n) is 1.41. The zero-order chi connectivity index (χ0) is 9.40. The van der Waals surface area contributed by atoms with Crippen molar-refractivity contribution in [2.75, 3.05) is 0 Å². The first-order chi connectivity index (χ1) is 5.70. The predicted molar refractivity (Wildman–Crippen MR) is 57.4 cm³/mol. The molecule has 0 atom stereocenters. The van der Waals surface area contributed by atoms with Gasteiger partial charge in [-0.05, 0) is 31.6 Å². The monoisotopic (exact) mass is 168 g/mol. The SMILES string of the molecule is CC/C=C(\CCC)CCC(C)C. The van der Waals surface area contributed by atoms with E-state index in [2.05, 4.69) is 33.8 Å². The lowest BCUT2D eigenvalue weighted by Gasteiger charge is -2.07. The van der Waals surface area contributed by atoms with Crippen LogP contribution in [-0.4, -0.2) is 0 Å². The molecule has 0 aliphatic carbocycles. The van der Waals surface area contributed by atoms with Crippen LogP contribution < -0.4 is 0 Å². The predicted octanol–water partition coefficient (Wildman–Crippen LogP) is 4.56. The van der Waals surface area contributed by atoms with E-state index in [1.165, 1.54) is 32.1 Å². The van der Waals surface area contributed by atoms with Gasteiger partial charge in [0.1, 0.15) is 0 Å². The molecule has 0 N–H and O–H groups in total. The van der Waals surface area contributed by atoms with Crippen LogP contribution in [0.4, 0.5) is 0 Å². The molecule has 0 saturated heterocycles. The van der Waals surface area contributed by atoms with Gasteiger partial charge in [0.2, 0.25) is 0 Å². The molecule has 0 heterocycles. The van der Waals surface area contributed by atoms with Crippen LogP contribution in [0.25, 0.3) is 0 Å². The highest BCUT2D eigenvalue weighted by molar-refractivity contribution is 5.01. The van der Waals surface area contributed by atoms with E-state index in [-0.39, 0.29) is 0 Å². The molecule has 0 spiro atoms. The van der Waals surface area contributed by atoms with Crippen LogP contribution in [0.15, 0.2) is 11.6 Å². The Hall–Kier alpha value is -0.260. The lowest BCUT2D eigenvalue weighted by molar-refractivity contribution is 0.575. The van der Waals surface area contributed by atoms with Crippen LogP contribution in [0.5, 0.6) is 0 Å². The molecular weight excluding hydrogens is 144 g/mol. The van der Waals surface area contributed by atoms with E-state index in [1.807, 2.05) is 0 Å². The summed E-state index contributed by atoms with van der Waals surface area (Å²) in [5.41, 5.74) is 1.67. The highest BCUT2D eigenvalue weighted by Gasteiger charge is 1.98. The third-order valence-corrected chi connectivity index (χ3v) is 2.11. The summed E-state index contributed by atoms with van der Waals surface area (Å²) in [6.07, 6.45) is 8.88. The summed E-state index contributed by atoms with van der Waals surface area (Å²) in [4.78, 5) is 0. The van der Waals surface area contributed by atoms with Crippen molar-refractivity contribution < 1.29 is 0 Å². The second kappa shape index (κ2) is 7.39. The van der Waals surface area contributed by atoms with Crippen molar-refractivity contribution in [3.05, 3.63) is 11.6 Å². The van der Waals surface area contributed by atoms with E-state index in [1.54, 1.807) is 5.57 Å². The van der Waals surface area contributed by atoms with Crippen molar-refractivity contribution in [1.29, 1.82) is 0 Å². The third kappa shape index (κ3) is 6.45. The van der Waals surface area contributed by atoms with Crippen LogP contribution in [0.2, 0.25) is 0 Å². The maximum atomic E-state index is 2.41. The molecule has 0 amide bonds. The van der Waals surface area contributed by atoms with E-state index in [0.717, 1.165) is 5.92 Å². The highest BCUT2D eigenvalue weighted by Crippen LogP contribution is 2.16. The van der Waals surface area contributed by atoms with E-state index >= 15 is 0 Å². The van der Waals surface area contributed by atoms with Crippen LogP contribution in [0, 0.1) is 5.92 Å². The Bertz CT molecular complexity index is 120. The Balaban J connectivity index is 3.71. The third-order valence-electron chi connectivity index (χ3n) is 2.11. The van der Waals surface area contributed by atoms with Crippen molar-refractivity contribution in [2.24, 2.45) is 5.92 Å². The Morgan fingerprint density at radius 3 is 2.25 bits per heavy atom. The number of allylic oxidation sites excluding steroid dienone is 2. The number of rotatable bonds is 6. The standard InChI is InChI=1S/C12H24/c1-5-7-12(8-6-2)10-9-11(3)4/h7,11H,5-6,8-10H2,1-4H3/b12-7+. The van der Waals surface area contributed by atoms with E-state index < -0.39 is 0 Å². The fourth-order valence-corrected chi connectivity index (χ4v) is 1.41. The Labute approximate surface area is 78.1 Å². The lowest BCUT2D eigenvalue weighted by Crippen LogP contribution is -1.90. The van der Waals surface area contributed by atoms with Crippen molar-refractivity contribution in [3.8, 4) is 0 Å². The highest BCUT2D eigenvalue weighted by atomic mass is 14.0. The first-order valence-corrected chi connectivity index (χ1v) is 5.38. The number of hydrogen-bond donors (Lipinski definition) is 0. The molecule has 0 aromatic carbocycles. The minimum atomic E-state index is 0.849. The number of hydrogen-bond acceptors (Lipinski definition) is 0. The van der Waals surface area contributed by atoms with Crippen molar-refractivity contribution >= 4 is 0 Å². The molecule has 0 aromatic heterocycles. The zero-order valence-corrected chi connectivity index (χ0v) is 9.19. The smallest absolute Gasteiger partial charge is 0.0318 e. The molecule has 0 unspecified atom stereocenters. The molecule has 0 aromatic rings. The van der Waals surface area contributed by atoms with Crippen molar-refractivity contribution in [3.63, 3.8) is 0 Å². The Kier molecular flexibility index (Phi) is 7.23. The average Bonchev–Trinajstić information content (AvgIpc) is 2.01. The lowest BCUT2D eigenvalue weighted by atomic mass is 9.99. The van der Waals surface area contributed by atoms with Gasteiger partial charge in [0.15, 0.2) is 0 Å². The van der Waals surface area contributed by atoms with Gasteiger partial charge in [-0.25, -0.2) is 0 Å². The van der Waals surface area contributed by atoms with Crippen molar-refractivity contribution in [1.82, 2.24) is 0 Å². The Morgan fingerprint density at radius 1 is 1.17 bits per heavy atom. The van der Waals surface area contributed by atoms with E-state index in [9.17, 15) is 0 Å². The summed E-state index contributed by atoms with van der Waals surface area (Å²) in [6, 6.07) is 0. The average molecular weight is 168 g/mol. The summed E-state index contributed by atoms with van der Waals surface area (Å²) in [6.45, 7) is 9.09. The van der Waals surface area contributed by atoms with Gasteiger partial charge in [-0.1, -0.05) is 45.8 Å². The molecule has 0 rings (SSSR count). The van der Waals surface area contributed by atoms with Gasteiger partial charge in [0.05, 0.1) is 0 Å². The maximum absolute atomic E-state index is 2.41. The quantitative estimate of drug-likeness (QED) is 0.510. The Morgan fingerprint density at radius 2 is 1.83 bits per heavy atom. The van der Waals surface area contributed by atoms with Gasteiger partial charge in [-0.3, -0.25) is 0 Å². The van der Waals surface area contributed by atoms with Crippen LogP contribution in [0.3, 0.4) is 0 Å². The summed E-state index contributed by atoms with van der Waals surface area (Å²) in [5, 5.41) is 0. The normalized spacial score (nSPS) is 12.6. The summed E-state index contributed by atoms with van der Waals surface area (Å²) in [5.74, 6) is 0.849. The zero-order valence-electron chi connectivity index (χ0n) is 9.19. The summed E-state index contributed by atoms with van der Waals surface area (Å²) < 4.78 is 0. The first-order valence-electron chi connectivity index (χ1n) is 5.38.